The number of methoxy groups -OCH3 is 1. The van der Waals surface area contributed by atoms with Crippen LogP contribution in [-0.4, -0.2) is 36.0 Å². The molecule has 0 spiro atoms. The molecule has 3 aromatic carbocycles. The van der Waals surface area contributed by atoms with Crippen molar-refractivity contribution in [3.63, 3.8) is 0 Å². The van der Waals surface area contributed by atoms with Crippen LogP contribution in [0.3, 0.4) is 0 Å². The lowest BCUT2D eigenvalue weighted by molar-refractivity contribution is -0.147. The molecule has 4 rings (SSSR count). The number of benzene rings is 3. The maximum atomic E-state index is 13.1. The number of amides is 3. The third kappa shape index (κ3) is 5.16. The second-order valence-corrected chi connectivity index (χ2v) is 8.68. The van der Waals surface area contributed by atoms with Gasteiger partial charge in [0.2, 0.25) is 0 Å². The van der Waals surface area contributed by atoms with Crippen LogP contribution in [0.15, 0.2) is 66.7 Å². The Morgan fingerprint density at radius 2 is 1.49 bits per heavy atom. The predicted molar refractivity (Wildman–Crippen MR) is 131 cm³/mol. The molecule has 8 heteroatoms. The Hall–Kier alpha value is -4.20. The van der Waals surface area contributed by atoms with Gasteiger partial charge < -0.3 is 20.3 Å². The van der Waals surface area contributed by atoms with Gasteiger partial charge in [-0.1, -0.05) is 38.1 Å². The van der Waals surface area contributed by atoms with Crippen LogP contribution in [-0.2, 0) is 16.1 Å². The molecule has 3 amide bonds. The zero-order chi connectivity index (χ0) is 25.1. The van der Waals surface area contributed by atoms with Crippen molar-refractivity contribution >= 4 is 29.3 Å². The minimum absolute atomic E-state index is 0.0829. The number of hydrogen-bond donors (Lipinski definition) is 2. The summed E-state index contributed by atoms with van der Waals surface area (Å²) in [5.74, 6) is -1.08. The quantitative estimate of drug-likeness (QED) is 0.474. The van der Waals surface area contributed by atoms with Gasteiger partial charge in [0.1, 0.15) is 11.9 Å². The highest BCUT2D eigenvalue weighted by Gasteiger charge is 2.38. The summed E-state index contributed by atoms with van der Waals surface area (Å²) in [6, 6.07) is 17.3. The lowest BCUT2D eigenvalue weighted by Crippen LogP contribution is -2.45. The summed E-state index contributed by atoms with van der Waals surface area (Å²) in [6.07, 6.45) is 0. The first kappa shape index (κ1) is 23.9. The average Bonchev–Trinajstić information content (AvgIpc) is 3.16. The van der Waals surface area contributed by atoms with E-state index in [0.717, 1.165) is 16.7 Å². The van der Waals surface area contributed by atoms with E-state index in [4.69, 9.17) is 4.74 Å². The first-order valence-corrected chi connectivity index (χ1v) is 11.2. The van der Waals surface area contributed by atoms with Gasteiger partial charge in [0, 0.05) is 23.5 Å². The van der Waals surface area contributed by atoms with Crippen molar-refractivity contribution < 1.29 is 23.5 Å². The topological polar surface area (TPSA) is 87.7 Å². The fourth-order valence-corrected chi connectivity index (χ4v) is 4.18. The second-order valence-electron chi connectivity index (χ2n) is 8.68. The molecule has 35 heavy (non-hydrogen) atoms. The van der Waals surface area contributed by atoms with E-state index in [1.54, 1.807) is 17.0 Å². The third-order valence-electron chi connectivity index (χ3n) is 5.93. The van der Waals surface area contributed by atoms with Crippen molar-refractivity contribution in [3.8, 4) is 11.1 Å². The van der Waals surface area contributed by atoms with Crippen molar-refractivity contribution in [1.82, 2.24) is 4.90 Å². The molecule has 0 radical (unpaired) electrons. The van der Waals surface area contributed by atoms with Gasteiger partial charge in [-0.25, -0.2) is 14.0 Å². The molecule has 1 atom stereocenters. The Morgan fingerprint density at radius 3 is 2.06 bits per heavy atom. The molecule has 0 aromatic heterocycles. The number of carbonyl (C=O) groups excluding carboxylic acids is 3. The van der Waals surface area contributed by atoms with Gasteiger partial charge >= 0.3 is 12.0 Å². The highest BCUT2D eigenvalue weighted by Crippen LogP contribution is 2.32. The van der Waals surface area contributed by atoms with Crippen LogP contribution < -0.4 is 10.6 Å². The van der Waals surface area contributed by atoms with Gasteiger partial charge in [-0.2, -0.15) is 0 Å². The van der Waals surface area contributed by atoms with Gasteiger partial charge in [0.25, 0.3) is 5.91 Å². The summed E-state index contributed by atoms with van der Waals surface area (Å²) in [5, 5.41) is 5.37. The minimum Gasteiger partial charge on any atom is -0.467 e. The SMILES string of the molecule is COC(=O)[C@H](C(C)C)N1Cc2ccc(-c3ccc(NC(=O)Nc4ccc(F)cc4)cc3)cc2C1=O. The van der Waals surface area contributed by atoms with Crippen molar-refractivity contribution in [1.29, 1.82) is 0 Å². The maximum absolute atomic E-state index is 13.1. The molecule has 180 valence electrons. The number of esters is 1. The van der Waals surface area contributed by atoms with Crippen LogP contribution in [0.5, 0.6) is 0 Å². The summed E-state index contributed by atoms with van der Waals surface area (Å²) in [6.45, 7) is 4.13. The van der Waals surface area contributed by atoms with Crippen LogP contribution in [0, 0.1) is 11.7 Å². The highest BCUT2D eigenvalue weighted by atomic mass is 19.1. The Morgan fingerprint density at radius 1 is 0.914 bits per heavy atom. The lowest BCUT2D eigenvalue weighted by atomic mass is 10.00. The standard InChI is InChI=1S/C27H26FN3O4/c1-16(2)24(26(33)35-3)31-15-19-5-4-18(14-23(19)25(31)32)17-6-10-21(11-7-17)29-27(34)30-22-12-8-20(28)9-13-22/h4-14,16,24H,15H2,1-3H3,(H2,29,30,34)/t24-/m0/s1. The monoisotopic (exact) mass is 475 g/mol. The van der Waals surface area contributed by atoms with Crippen molar-refractivity contribution in [2.45, 2.75) is 26.4 Å². The number of nitrogens with one attached hydrogen (secondary N) is 2. The van der Waals surface area contributed by atoms with Crippen LogP contribution in [0.4, 0.5) is 20.6 Å². The minimum atomic E-state index is -0.644. The smallest absolute Gasteiger partial charge is 0.328 e. The fraction of sp³-hybridized carbons (Fsp3) is 0.222. The molecule has 0 unspecified atom stereocenters. The Kier molecular flexibility index (Phi) is 6.82. The van der Waals surface area contributed by atoms with E-state index >= 15 is 0 Å². The van der Waals surface area contributed by atoms with Gasteiger partial charge in [0.15, 0.2) is 0 Å². The Bertz CT molecular complexity index is 1260. The van der Waals surface area contributed by atoms with E-state index in [-0.39, 0.29) is 17.6 Å². The van der Waals surface area contributed by atoms with Gasteiger partial charge in [-0.3, -0.25) is 4.79 Å². The molecule has 3 aromatic rings. The highest BCUT2D eigenvalue weighted by molar-refractivity contribution is 6.02. The summed E-state index contributed by atoms with van der Waals surface area (Å²) < 4.78 is 17.9. The maximum Gasteiger partial charge on any atom is 0.328 e. The van der Waals surface area contributed by atoms with Crippen molar-refractivity contribution in [2.75, 3.05) is 17.7 Å². The zero-order valence-corrected chi connectivity index (χ0v) is 19.7. The largest absolute Gasteiger partial charge is 0.467 e. The number of carbonyl (C=O) groups is 3. The van der Waals surface area contributed by atoms with Crippen LogP contribution in [0.2, 0.25) is 0 Å². The number of nitrogens with zero attached hydrogens (tertiary/aromatic N) is 1. The molecule has 1 aliphatic rings. The fourth-order valence-electron chi connectivity index (χ4n) is 4.18. The van der Waals surface area contributed by atoms with Crippen LogP contribution in [0.1, 0.15) is 29.8 Å². The number of anilines is 2. The molecule has 0 saturated heterocycles. The van der Waals surface area contributed by atoms with E-state index in [2.05, 4.69) is 10.6 Å². The van der Waals surface area contributed by atoms with E-state index in [1.165, 1.54) is 31.4 Å². The van der Waals surface area contributed by atoms with Crippen LogP contribution in [0.25, 0.3) is 11.1 Å². The molecule has 1 heterocycles. The van der Waals surface area contributed by atoms with Crippen molar-refractivity contribution in [3.05, 3.63) is 83.7 Å². The van der Waals surface area contributed by atoms with Gasteiger partial charge in [0.05, 0.1) is 7.11 Å². The number of hydrogen-bond acceptors (Lipinski definition) is 4. The molecule has 0 bridgehead atoms. The summed E-state index contributed by atoms with van der Waals surface area (Å²) in [5.41, 5.74) is 4.21. The molecule has 0 saturated carbocycles. The number of halogens is 1. The normalized spacial score (nSPS) is 13.4. The zero-order valence-electron chi connectivity index (χ0n) is 19.7. The molecule has 7 nitrogen and oxygen atoms in total. The first-order valence-electron chi connectivity index (χ1n) is 11.2. The lowest BCUT2D eigenvalue weighted by Gasteiger charge is -2.28. The third-order valence-corrected chi connectivity index (χ3v) is 5.93. The van der Waals surface area contributed by atoms with E-state index in [9.17, 15) is 18.8 Å². The molecule has 0 aliphatic carbocycles. The predicted octanol–water partition coefficient (Wildman–Crippen LogP) is 5.29. The van der Waals surface area contributed by atoms with Gasteiger partial charge in [-0.05, 0) is 65.1 Å². The second kappa shape index (κ2) is 9.97. The number of rotatable bonds is 6. The summed E-state index contributed by atoms with van der Waals surface area (Å²) in [4.78, 5) is 39.2. The number of ether oxygens (including phenoxy) is 1. The van der Waals surface area contributed by atoms with E-state index in [1.807, 2.05) is 44.2 Å². The molecule has 1 aliphatic heterocycles. The number of fused-ring (bicyclic) bond motifs is 1. The Labute approximate surface area is 202 Å². The van der Waals surface area contributed by atoms with E-state index < -0.39 is 18.0 Å². The first-order chi connectivity index (χ1) is 16.8. The number of urea groups is 1. The van der Waals surface area contributed by atoms with Crippen molar-refractivity contribution in [2.24, 2.45) is 5.92 Å². The van der Waals surface area contributed by atoms with Gasteiger partial charge in [-0.15, -0.1) is 0 Å². The van der Waals surface area contributed by atoms with Crippen LogP contribution >= 0.6 is 0 Å². The Balaban J connectivity index is 1.46. The molecular weight excluding hydrogens is 449 g/mol. The summed E-state index contributed by atoms with van der Waals surface area (Å²) in [7, 11) is 1.33. The molecular formula is C27H26FN3O4. The molecule has 2 N–H and O–H groups in total. The summed E-state index contributed by atoms with van der Waals surface area (Å²) >= 11 is 0. The van der Waals surface area contributed by atoms with E-state index in [0.29, 0.717) is 23.5 Å². The average molecular weight is 476 g/mol. The molecule has 0 fully saturated rings.